The maximum absolute atomic E-state index is 10.8. The fraction of sp³-hybridized carbons (Fsp3) is 0.385. The number of hydrogen-bond donors (Lipinski definition) is 0. The van der Waals surface area contributed by atoms with Crippen molar-refractivity contribution in [3.63, 3.8) is 0 Å². The fourth-order valence-corrected chi connectivity index (χ4v) is 1.59. The minimum atomic E-state index is -0.406. The lowest BCUT2D eigenvalue weighted by molar-refractivity contribution is 0.111. The first-order valence-electron chi connectivity index (χ1n) is 5.27. The Bertz CT molecular complexity index is 449. The Morgan fingerprint density at radius 2 is 2.24 bits per heavy atom. The van der Waals surface area contributed by atoms with Gasteiger partial charge in [-0.15, -0.1) is 0 Å². The van der Waals surface area contributed by atoms with E-state index in [1.165, 1.54) is 0 Å². The van der Waals surface area contributed by atoms with Crippen LogP contribution in [0, 0.1) is 16.7 Å². The van der Waals surface area contributed by atoms with Crippen LogP contribution in [0.15, 0.2) is 22.7 Å². The highest BCUT2D eigenvalue weighted by Gasteiger charge is 2.16. The lowest BCUT2D eigenvalue weighted by atomic mass is 9.92. The Balaban J connectivity index is 2.64. The Morgan fingerprint density at radius 3 is 2.82 bits per heavy atom. The summed E-state index contributed by atoms with van der Waals surface area (Å²) in [5.74, 6) is 0.553. The normalized spacial score (nSPS) is 10.7. The molecular formula is C13H14BrNO2. The van der Waals surface area contributed by atoms with Gasteiger partial charge in [0.15, 0.2) is 6.29 Å². The van der Waals surface area contributed by atoms with Gasteiger partial charge in [0, 0.05) is 4.47 Å². The molecule has 0 spiro atoms. The standard InChI is InChI=1S/C13H14BrNO2/c1-13(2,9-15)5-6-17-12-4-3-11(14)7-10(12)8-16/h3-4,7-8H,5-6H2,1-2H3. The van der Waals surface area contributed by atoms with Crippen LogP contribution >= 0.6 is 15.9 Å². The maximum atomic E-state index is 10.8. The molecule has 0 fully saturated rings. The van der Waals surface area contributed by atoms with Gasteiger partial charge in [-0.1, -0.05) is 15.9 Å². The first-order valence-corrected chi connectivity index (χ1v) is 6.06. The third kappa shape index (κ3) is 4.20. The van der Waals surface area contributed by atoms with Gasteiger partial charge >= 0.3 is 0 Å². The minimum absolute atomic E-state index is 0.406. The number of hydrogen-bond acceptors (Lipinski definition) is 3. The second kappa shape index (κ2) is 5.83. The van der Waals surface area contributed by atoms with Crippen LogP contribution in [-0.4, -0.2) is 12.9 Å². The van der Waals surface area contributed by atoms with Crippen LogP contribution < -0.4 is 4.74 Å². The molecule has 4 heteroatoms. The van der Waals surface area contributed by atoms with E-state index in [0.29, 0.717) is 24.3 Å². The molecule has 17 heavy (non-hydrogen) atoms. The van der Waals surface area contributed by atoms with E-state index in [1.807, 2.05) is 19.9 Å². The molecule has 1 aromatic carbocycles. The number of rotatable bonds is 5. The molecule has 0 aliphatic rings. The molecule has 0 saturated heterocycles. The van der Waals surface area contributed by atoms with Crippen molar-refractivity contribution in [2.24, 2.45) is 5.41 Å². The zero-order valence-corrected chi connectivity index (χ0v) is 11.5. The molecular weight excluding hydrogens is 282 g/mol. The average molecular weight is 296 g/mol. The fourth-order valence-electron chi connectivity index (χ4n) is 1.21. The summed E-state index contributed by atoms with van der Waals surface area (Å²) in [6.45, 7) is 4.14. The quantitative estimate of drug-likeness (QED) is 0.780. The number of carbonyl (C=O) groups excluding carboxylic acids is 1. The number of nitriles is 1. The van der Waals surface area contributed by atoms with Crippen molar-refractivity contribution in [2.45, 2.75) is 20.3 Å². The molecule has 0 saturated carbocycles. The molecule has 0 amide bonds. The van der Waals surface area contributed by atoms with Gasteiger partial charge in [0.1, 0.15) is 5.75 Å². The first kappa shape index (κ1) is 13.7. The largest absolute Gasteiger partial charge is 0.493 e. The van der Waals surface area contributed by atoms with Gasteiger partial charge in [-0.25, -0.2) is 0 Å². The number of ether oxygens (including phenoxy) is 1. The minimum Gasteiger partial charge on any atom is -0.493 e. The monoisotopic (exact) mass is 295 g/mol. The van der Waals surface area contributed by atoms with Gasteiger partial charge in [0.05, 0.1) is 23.7 Å². The molecule has 0 atom stereocenters. The summed E-state index contributed by atoms with van der Waals surface area (Å²) in [6.07, 6.45) is 1.38. The van der Waals surface area contributed by atoms with Crippen molar-refractivity contribution in [3.05, 3.63) is 28.2 Å². The Hall–Kier alpha value is -1.34. The molecule has 3 nitrogen and oxygen atoms in total. The van der Waals surface area contributed by atoms with Crippen molar-refractivity contribution in [2.75, 3.05) is 6.61 Å². The lowest BCUT2D eigenvalue weighted by Gasteiger charge is -2.15. The molecule has 0 aromatic heterocycles. The van der Waals surface area contributed by atoms with Crippen LogP contribution in [0.5, 0.6) is 5.75 Å². The highest BCUT2D eigenvalue weighted by molar-refractivity contribution is 9.10. The second-order valence-electron chi connectivity index (χ2n) is 4.39. The first-order chi connectivity index (χ1) is 7.98. The zero-order chi connectivity index (χ0) is 12.9. The molecule has 0 aliphatic heterocycles. The Labute approximate surface area is 110 Å². The van der Waals surface area contributed by atoms with E-state index in [4.69, 9.17) is 10.00 Å². The summed E-state index contributed by atoms with van der Waals surface area (Å²) in [7, 11) is 0. The SMILES string of the molecule is CC(C)(C#N)CCOc1ccc(Br)cc1C=O. The number of nitrogens with zero attached hydrogens (tertiary/aromatic N) is 1. The van der Waals surface area contributed by atoms with Crippen LogP contribution in [0.2, 0.25) is 0 Å². The lowest BCUT2D eigenvalue weighted by Crippen LogP contribution is -2.13. The van der Waals surface area contributed by atoms with Crippen LogP contribution in [0.3, 0.4) is 0 Å². The van der Waals surface area contributed by atoms with Crippen molar-refractivity contribution in [1.29, 1.82) is 5.26 Å². The molecule has 0 unspecified atom stereocenters. The third-order valence-electron chi connectivity index (χ3n) is 2.39. The van der Waals surface area contributed by atoms with E-state index >= 15 is 0 Å². The van der Waals surface area contributed by atoms with Crippen LogP contribution in [-0.2, 0) is 0 Å². The van der Waals surface area contributed by atoms with Crippen molar-refractivity contribution >= 4 is 22.2 Å². The van der Waals surface area contributed by atoms with Crippen LogP contribution in [0.4, 0.5) is 0 Å². The molecule has 0 heterocycles. The number of carbonyl (C=O) groups is 1. The highest BCUT2D eigenvalue weighted by atomic mass is 79.9. The maximum Gasteiger partial charge on any atom is 0.153 e. The van der Waals surface area contributed by atoms with E-state index in [1.54, 1.807) is 12.1 Å². The smallest absolute Gasteiger partial charge is 0.153 e. The molecule has 0 bridgehead atoms. The summed E-state index contributed by atoms with van der Waals surface area (Å²) in [6, 6.07) is 7.47. The average Bonchev–Trinajstić information content (AvgIpc) is 2.30. The number of halogens is 1. The summed E-state index contributed by atoms with van der Waals surface area (Å²) >= 11 is 3.29. The van der Waals surface area contributed by atoms with Crippen LogP contribution in [0.1, 0.15) is 30.6 Å². The predicted octanol–water partition coefficient (Wildman–Crippen LogP) is 3.58. The highest BCUT2D eigenvalue weighted by Crippen LogP contribution is 2.24. The van der Waals surface area contributed by atoms with Gasteiger partial charge in [-0.05, 0) is 38.5 Å². The Kier molecular flexibility index (Phi) is 4.71. The van der Waals surface area contributed by atoms with Crippen LogP contribution in [0.25, 0.3) is 0 Å². The van der Waals surface area contributed by atoms with Crippen molar-refractivity contribution < 1.29 is 9.53 Å². The van der Waals surface area contributed by atoms with E-state index in [-0.39, 0.29) is 0 Å². The van der Waals surface area contributed by atoms with Gasteiger partial charge in [-0.3, -0.25) is 4.79 Å². The molecule has 0 aliphatic carbocycles. The van der Waals surface area contributed by atoms with Gasteiger partial charge < -0.3 is 4.74 Å². The van der Waals surface area contributed by atoms with E-state index in [0.717, 1.165) is 10.8 Å². The summed E-state index contributed by atoms with van der Waals surface area (Å²) in [5, 5.41) is 8.86. The molecule has 1 rings (SSSR count). The molecule has 1 aromatic rings. The summed E-state index contributed by atoms with van der Waals surface area (Å²) < 4.78 is 6.35. The summed E-state index contributed by atoms with van der Waals surface area (Å²) in [5.41, 5.74) is 0.102. The number of benzene rings is 1. The number of aldehydes is 1. The molecule has 90 valence electrons. The van der Waals surface area contributed by atoms with Gasteiger partial charge in [-0.2, -0.15) is 5.26 Å². The van der Waals surface area contributed by atoms with E-state index in [9.17, 15) is 4.79 Å². The third-order valence-corrected chi connectivity index (χ3v) is 2.88. The molecule has 0 N–H and O–H groups in total. The van der Waals surface area contributed by atoms with E-state index in [2.05, 4.69) is 22.0 Å². The molecule has 0 radical (unpaired) electrons. The second-order valence-corrected chi connectivity index (χ2v) is 5.31. The van der Waals surface area contributed by atoms with E-state index < -0.39 is 5.41 Å². The zero-order valence-electron chi connectivity index (χ0n) is 9.87. The van der Waals surface area contributed by atoms with Crippen molar-refractivity contribution in [3.8, 4) is 11.8 Å². The topological polar surface area (TPSA) is 50.1 Å². The van der Waals surface area contributed by atoms with Gasteiger partial charge in [0.25, 0.3) is 0 Å². The predicted molar refractivity (Wildman–Crippen MR) is 69.0 cm³/mol. The Morgan fingerprint density at radius 1 is 1.53 bits per heavy atom. The van der Waals surface area contributed by atoms with Gasteiger partial charge in [0.2, 0.25) is 0 Å². The van der Waals surface area contributed by atoms with Crippen molar-refractivity contribution in [1.82, 2.24) is 0 Å². The summed E-state index contributed by atoms with van der Waals surface area (Å²) in [4.78, 5) is 10.8.